The van der Waals surface area contributed by atoms with Crippen LogP contribution in [0.3, 0.4) is 0 Å². The predicted octanol–water partition coefficient (Wildman–Crippen LogP) is 10.5. The maximum atomic E-state index is 13.6. The van der Waals surface area contributed by atoms with Gasteiger partial charge in [-0.15, -0.1) is 0 Å². The van der Waals surface area contributed by atoms with Gasteiger partial charge in [-0.3, -0.25) is 14.4 Å². The number of aliphatic hydroxyl groups is 1. The van der Waals surface area contributed by atoms with E-state index in [4.69, 9.17) is 30.5 Å². The Hall–Kier alpha value is -5.58. The summed E-state index contributed by atoms with van der Waals surface area (Å²) in [5, 5.41) is 10.8. The summed E-state index contributed by atoms with van der Waals surface area (Å²) in [5.41, 5.74) is 0.514. The van der Waals surface area contributed by atoms with Crippen LogP contribution in [0.15, 0.2) is 60.7 Å². The summed E-state index contributed by atoms with van der Waals surface area (Å²) in [7, 11) is 3.12. The number of halogens is 13. The molecule has 0 spiro atoms. The van der Waals surface area contributed by atoms with Gasteiger partial charge in [0.05, 0.1) is 52.0 Å². The van der Waals surface area contributed by atoms with Crippen molar-refractivity contribution in [1.29, 1.82) is 0 Å². The molecule has 2 aliphatic carbocycles. The predicted molar refractivity (Wildman–Crippen MR) is 243 cm³/mol. The molecular formula is C50H49ClF12N2O8. The molecule has 2 saturated heterocycles. The number of alkyl halides is 12. The highest BCUT2D eigenvalue weighted by molar-refractivity contribution is 6.31. The Morgan fingerprint density at radius 2 is 1.00 bits per heavy atom. The van der Waals surface area contributed by atoms with Gasteiger partial charge in [0, 0.05) is 59.7 Å². The molecule has 4 aromatic rings. The van der Waals surface area contributed by atoms with Crippen molar-refractivity contribution in [1.82, 2.24) is 0 Å². The molecule has 73 heavy (non-hydrogen) atoms. The minimum atomic E-state index is -6.02. The van der Waals surface area contributed by atoms with Crippen LogP contribution in [0.2, 0.25) is 5.02 Å². The number of aryl methyl sites for hydroxylation is 2. The second-order valence-electron chi connectivity index (χ2n) is 17.8. The summed E-state index contributed by atoms with van der Waals surface area (Å²) in [6.07, 6.45) is -22.5. The average molecular weight is 1070 g/mol. The molecule has 398 valence electrons. The van der Waals surface area contributed by atoms with Gasteiger partial charge in [-0.1, -0.05) is 53.1 Å². The standard InChI is InChI=1S/C25H25F6NO4.C22H24ClNO3.C3F6O/c1-14-3-4-19(23(34,24(26,27)28)25(29,30)31)16(9-14)11-17-10-15-12-20(32-5-7-36-8-6-32)21(35-2)13-18(15)22(17)33;1-14-3-4-19(23)16(9-14)11-17-10-15-12-20(24-5-7-27-8-6-24)21(26-2)13-18(15)22(17)25;4-2(5,6)1(10)3(7,8)9/h3-4,9,12-13,17,34H,5-8,10-11H2,1-2H3;3-4,9,12-13,17H,5-8,10-11H2,1-2H3;. The number of fused-ring (bicyclic) bond motifs is 2. The third kappa shape index (κ3) is 12.5. The monoisotopic (exact) mass is 1070 g/mol. The Bertz CT molecular complexity index is 2650. The first-order chi connectivity index (χ1) is 34.0. The Labute approximate surface area is 416 Å². The molecule has 1 N–H and O–H groups in total. The lowest BCUT2D eigenvalue weighted by molar-refractivity contribution is -0.376. The van der Waals surface area contributed by atoms with E-state index < -0.39 is 59.8 Å². The molecule has 2 atom stereocenters. The molecule has 0 aromatic heterocycles. The zero-order valence-corrected chi connectivity index (χ0v) is 40.3. The first kappa shape index (κ1) is 56.7. The number of benzene rings is 4. The van der Waals surface area contributed by atoms with E-state index in [1.165, 1.54) is 14.0 Å². The van der Waals surface area contributed by atoms with Crippen LogP contribution in [0.25, 0.3) is 0 Å². The highest BCUT2D eigenvalue weighted by Crippen LogP contribution is 2.52. The topological polar surface area (TPSA) is 115 Å². The second-order valence-corrected chi connectivity index (χ2v) is 18.2. The highest BCUT2D eigenvalue weighted by Gasteiger charge is 2.72. The number of nitrogens with zero attached hydrogens (tertiary/aromatic N) is 2. The van der Waals surface area contributed by atoms with Gasteiger partial charge in [0.1, 0.15) is 11.5 Å². The van der Waals surface area contributed by atoms with E-state index >= 15 is 0 Å². The van der Waals surface area contributed by atoms with E-state index in [1.807, 2.05) is 30.0 Å². The van der Waals surface area contributed by atoms with E-state index in [0.29, 0.717) is 74.4 Å². The lowest BCUT2D eigenvalue weighted by Crippen LogP contribution is -2.54. The lowest BCUT2D eigenvalue weighted by Gasteiger charge is -2.34. The van der Waals surface area contributed by atoms with Crippen LogP contribution in [-0.2, 0) is 45.6 Å². The first-order valence-corrected chi connectivity index (χ1v) is 22.9. The van der Waals surface area contributed by atoms with Gasteiger partial charge in [-0.05, 0) is 92.1 Å². The van der Waals surface area contributed by atoms with Crippen LogP contribution < -0.4 is 19.3 Å². The van der Waals surface area contributed by atoms with Crippen molar-refractivity contribution >= 4 is 40.3 Å². The van der Waals surface area contributed by atoms with E-state index in [9.17, 15) is 72.2 Å². The van der Waals surface area contributed by atoms with E-state index in [0.717, 1.165) is 76.0 Å². The van der Waals surface area contributed by atoms with Crippen molar-refractivity contribution in [3.63, 3.8) is 0 Å². The third-order valence-electron chi connectivity index (χ3n) is 12.8. The van der Waals surface area contributed by atoms with Crippen LogP contribution in [-0.4, -0.2) is 114 Å². The average Bonchev–Trinajstić information content (AvgIpc) is 3.80. The van der Waals surface area contributed by atoms with Crippen LogP contribution in [0.4, 0.5) is 64.1 Å². The maximum absolute atomic E-state index is 13.6. The van der Waals surface area contributed by atoms with Crippen LogP contribution in [0.5, 0.6) is 11.5 Å². The number of hydrogen-bond acceptors (Lipinski definition) is 10. The number of hydrogen-bond donors (Lipinski definition) is 1. The van der Waals surface area contributed by atoms with E-state index in [1.54, 1.807) is 19.2 Å². The number of rotatable bonds is 9. The van der Waals surface area contributed by atoms with Gasteiger partial charge in [-0.2, -0.15) is 52.7 Å². The second kappa shape index (κ2) is 22.1. The fourth-order valence-electron chi connectivity index (χ4n) is 9.20. The molecule has 2 heterocycles. The van der Waals surface area contributed by atoms with Crippen molar-refractivity contribution < 1.29 is 91.1 Å². The summed E-state index contributed by atoms with van der Waals surface area (Å²) in [6, 6.07) is 16.3. The van der Waals surface area contributed by atoms with Gasteiger partial charge < -0.3 is 33.9 Å². The molecule has 4 aliphatic rings. The maximum Gasteiger partial charge on any atom is 0.459 e. The molecule has 2 aliphatic heterocycles. The molecule has 4 aromatic carbocycles. The zero-order chi connectivity index (χ0) is 54.0. The molecular weight excluding hydrogens is 1020 g/mol. The molecule has 0 amide bonds. The lowest BCUT2D eigenvalue weighted by atomic mass is 9.83. The number of methoxy groups -OCH3 is 2. The van der Waals surface area contributed by atoms with E-state index in [-0.39, 0.29) is 23.7 Å². The smallest absolute Gasteiger partial charge is 0.459 e. The van der Waals surface area contributed by atoms with Gasteiger partial charge in [0.2, 0.25) is 0 Å². The van der Waals surface area contributed by atoms with Crippen molar-refractivity contribution in [2.24, 2.45) is 11.8 Å². The Morgan fingerprint density at radius 1 is 0.616 bits per heavy atom. The molecule has 10 nitrogen and oxygen atoms in total. The van der Waals surface area contributed by atoms with E-state index in [2.05, 4.69) is 17.0 Å². The van der Waals surface area contributed by atoms with Gasteiger partial charge in [0.25, 0.3) is 5.60 Å². The molecule has 0 radical (unpaired) electrons. The number of morpholine rings is 2. The number of ketones is 3. The number of anilines is 2. The Balaban J connectivity index is 0.000000206. The number of carbonyl (C=O) groups excluding carboxylic acids is 3. The largest absolute Gasteiger partial charge is 0.495 e. The normalized spacial score (nSPS) is 18.3. The first-order valence-electron chi connectivity index (χ1n) is 22.5. The molecule has 0 saturated carbocycles. The highest BCUT2D eigenvalue weighted by atomic mass is 35.5. The van der Waals surface area contributed by atoms with Gasteiger partial charge >= 0.3 is 30.5 Å². The number of Topliss-reactive ketones (excluding diaryl/α,β-unsaturated/α-hetero) is 3. The van der Waals surface area contributed by atoms with Crippen molar-refractivity contribution in [3.8, 4) is 11.5 Å². The Kier molecular flexibility index (Phi) is 17.2. The molecule has 2 unspecified atom stereocenters. The van der Waals surface area contributed by atoms with Crippen molar-refractivity contribution in [2.75, 3.05) is 76.6 Å². The SMILES string of the molecule is COc1cc2c(cc1N1CCOCC1)CC(Cc1cc(C)ccc1C(O)(C(F)(F)F)C(F)(F)F)C2=O.COc1cc2c(cc1N1CCOCC1)CC(Cc1cc(C)ccc1Cl)C2=O.O=C(C(F)(F)F)C(F)(F)F. The third-order valence-corrected chi connectivity index (χ3v) is 13.2. The molecule has 23 heteroatoms. The van der Waals surface area contributed by atoms with Gasteiger partial charge in [-0.25, -0.2) is 0 Å². The fraction of sp³-hybridized carbons (Fsp3) is 0.460. The zero-order valence-electron chi connectivity index (χ0n) is 39.5. The summed E-state index contributed by atoms with van der Waals surface area (Å²) in [6.45, 7) is 8.90. The molecule has 0 bridgehead atoms. The van der Waals surface area contributed by atoms with Crippen LogP contribution in [0, 0.1) is 25.7 Å². The van der Waals surface area contributed by atoms with Crippen molar-refractivity contribution in [2.45, 2.75) is 69.8 Å². The number of ether oxygens (including phenoxy) is 4. The van der Waals surface area contributed by atoms with Gasteiger partial charge in [0.15, 0.2) is 11.6 Å². The van der Waals surface area contributed by atoms with Crippen LogP contribution >= 0.6 is 11.6 Å². The van der Waals surface area contributed by atoms with Crippen LogP contribution in [0.1, 0.15) is 59.7 Å². The molecule has 8 rings (SSSR count). The summed E-state index contributed by atoms with van der Waals surface area (Å²) in [5.74, 6) is -3.64. The quantitative estimate of drug-likeness (QED) is 0.163. The summed E-state index contributed by atoms with van der Waals surface area (Å²) >= 11 is 6.36. The Morgan fingerprint density at radius 3 is 1.37 bits per heavy atom. The fourth-order valence-corrected chi connectivity index (χ4v) is 9.39. The summed E-state index contributed by atoms with van der Waals surface area (Å²) in [4.78, 5) is 39.8. The minimum Gasteiger partial charge on any atom is -0.495 e. The molecule has 2 fully saturated rings. The van der Waals surface area contributed by atoms with Crippen molar-refractivity contribution in [3.05, 3.63) is 116 Å². The minimum absolute atomic E-state index is 0.0658. The number of carbonyl (C=O) groups is 3. The summed E-state index contributed by atoms with van der Waals surface area (Å²) < 4.78 is 169.